The van der Waals surface area contributed by atoms with Crippen molar-refractivity contribution in [3.63, 3.8) is 0 Å². The van der Waals surface area contributed by atoms with Gasteiger partial charge in [0.1, 0.15) is 24.7 Å². The molecule has 2 aromatic rings. The third kappa shape index (κ3) is 5.47. The van der Waals surface area contributed by atoms with Crippen LogP contribution in [0.1, 0.15) is 51.5 Å². The fourth-order valence-electron chi connectivity index (χ4n) is 5.12. The largest absolute Gasteiger partial charge is 0.490 e. The summed E-state index contributed by atoms with van der Waals surface area (Å²) in [7, 11) is 0. The number of hydrogen-bond donors (Lipinski definition) is 0. The van der Waals surface area contributed by atoms with Crippen molar-refractivity contribution >= 4 is 23.2 Å². The number of para-hydroxylation sites is 1. The normalized spacial score (nSPS) is 19.6. The molecule has 0 aromatic heterocycles. The Bertz CT molecular complexity index is 1100. The van der Waals surface area contributed by atoms with Crippen LogP contribution in [0.3, 0.4) is 0 Å². The Morgan fingerprint density at radius 3 is 2.37 bits per heavy atom. The summed E-state index contributed by atoms with van der Waals surface area (Å²) in [5.41, 5.74) is 4.07. The lowest BCUT2D eigenvalue weighted by Gasteiger charge is -2.35. The maximum atomic E-state index is 13.3. The second kappa shape index (κ2) is 11.3. The Balaban J connectivity index is 1.58. The van der Waals surface area contributed by atoms with E-state index in [-0.39, 0.29) is 24.9 Å². The minimum absolute atomic E-state index is 0.118. The number of carbonyl (C=O) groups is 2. The molecule has 4 rings (SSSR count). The Kier molecular flexibility index (Phi) is 8.01. The van der Waals surface area contributed by atoms with Crippen molar-refractivity contribution in [2.45, 2.75) is 46.0 Å². The second-order valence-corrected chi connectivity index (χ2v) is 8.94. The maximum absolute atomic E-state index is 13.3. The third-order valence-corrected chi connectivity index (χ3v) is 6.84. The molecule has 2 aliphatic rings. The van der Waals surface area contributed by atoms with Crippen LogP contribution in [0.4, 0.5) is 5.69 Å². The zero-order valence-corrected chi connectivity index (χ0v) is 20.8. The predicted octanol–water partition coefficient (Wildman–Crippen LogP) is 5.34. The fraction of sp³-hybridized carbons (Fsp3) is 0.414. The highest BCUT2D eigenvalue weighted by molar-refractivity contribution is 6.11. The molecule has 2 atom stereocenters. The first-order valence-electron chi connectivity index (χ1n) is 12.5. The van der Waals surface area contributed by atoms with Crippen molar-refractivity contribution in [3.8, 4) is 5.75 Å². The molecule has 1 aliphatic heterocycles. The van der Waals surface area contributed by atoms with Crippen LogP contribution in [0.2, 0.25) is 0 Å². The maximum Gasteiger partial charge on any atom is 0.336 e. The van der Waals surface area contributed by atoms with Crippen LogP contribution in [-0.2, 0) is 14.3 Å². The molecule has 0 N–H and O–H groups in total. The molecule has 0 radical (unpaired) electrons. The molecule has 6 heteroatoms. The molecular formula is C29H34N2O4. The van der Waals surface area contributed by atoms with Gasteiger partial charge in [-0.3, -0.25) is 9.79 Å². The van der Waals surface area contributed by atoms with Crippen LogP contribution >= 0.6 is 0 Å². The van der Waals surface area contributed by atoms with Crippen LogP contribution in [0.25, 0.3) is 0 Å². The minimum Gasteiger partial charge on any atom is -0.490 e. The molecule has 0 saturated heterocycles. The number of fused-ring (bicyclic) bond motifs is 1. The van der Waals surface area contributed by atoms with Crippen LogP contribution < -0.4 is 9.64 Å². The van der Waals surface area contributed by atoms with Crippen molar-refractivity contribution in [2.24, 2.45) is 10.9 Å². The lowest BCUT2D eigenvalue weighted by Crippen LogP contribution is -2.39. The average molecular weight is 475 g/mol. The summed E-state index contributed by atoms with van der Waals surface area (Å²) in [5, 5.41) is 0. The molecule has 0 spiro atoms. The number of Topliss-reactive ketones (excluding diaryl/α,β-unsaturated/α-hetero) is 1. The molecule has 2 aromatic carbocycles. The van der Waals surface area contributed by atoms with Gasteiger partial charge < -0.3 is 14.4 Å². The van der Waals surface area contributed by atoms with Gasteiger partial charge in [0.2, 0.25) is 0 Å². The van der Waals surface area contributed by atoms with Gasteiger partial charge in [-0.15, -0.1) is 0 Å². The van der Waals surface area contributed by atoms with Crippen LogP contribution in [0, 0.1) is 5.92 Å². The van der Waals surface area contributed by atoms with E-state index < -0.39 is 11.9 Å². The van der Waals surface area contributed by atoms with Gasteiger partial charge in [0, 0.05) is 42.5 Å². The Morgan fingerprint density at radius 1 is 0.971 bits per heavy atom. The number of benzene rings is 2. The number of anilines is 1. The van der Waals surface area contributed by atoms with Crippen LogP contribution in [0.5, 0.6) is 5.75 Å². The molecule has 1 unspecified atom stereocenters. The van der Waals surface area contributed by atoms with E-state index >= 15 is 0 Å². The van der Waals surface area contributed by atoms with Crippen LogP contribution in [0.15, 0.2) is 70.9 Å². The van der Waals surface area contributed by atoms with Gasteiger partial charge in [-0.2, -0.15) is 0 Å². The third-order valence-electron chi connectivity index (χ3n) is 6.84. The summed E-state index contributed by atoms with van der Waals surface area (Å²) >= 11 is 0. The predicted molar refractivity (Wildman–Crippen MR) is 138 cm³/mol. The van der Waals surface area contributed by atoms with Gasteiger partial charge in [-0.05, 0) is 63.4 Å². The summed E-state index contributed by atoms with van der Waals surface area (Å²) in [5.74, 6) is -0.348. The first kappa shape index (κ1) is 24.7. The molecule has 6 nitrogen and oxygen atoms in total. The summed E-state index contributed by atoms with van der Waals surface area (Å²) < 4.78 is 11.3. The first-order valence-corrected chi connectivity index (χ1v) is 12.5. The molecule has 0 amide bonds. The van der Waals surface area contributed by atoms with Crippen molar-refractivity contribution in [1.29, 1.82) is 0 Å². The highest BCUT2D eigenvalue weighted by Gasteiger charge is 2.43. The number of esters is 1. The van der Waals surface area contributed by atoms with Gasteiger partial charge in [-0.1, -0.05) is 30.3 Å². The highest BCUT2D eigenvalue weighted by atomic mass is 16.6. The standard InChI is InChI=1S/C29H34N2O4/c1-4-31(5-2)22-16-14-21(15-17-22)27-26(20(3)30-24-12-9-13-25(32)28(24)27)29(33)35-19-18-34-23-10-7-6-8-11-23/h6-8,10-11,14-17,27-28H,4-5,9,12-13,18-19H2,1-3H3/t27-,28?/m1/s1. The fourth-order valence-corrected chi connectivity index (χ4v) is 5.12. The van der Waals surface area contributed by atoms with Gasteiger partial charge in [-0.25, -0.2) is 4.79 Å². The van der Waals surface area contributed by atoms with E-state index in [9.17, 15) is 9.59 Å². The number of ketones is 1. The summed E-state index contributed by atoms with van der Waals surface area (Å²) in [6.07, 6.45) is 2.12. The number of allylic oxidation sites excluding steroid dienone is 1. The molecule has 1 fully saturated rings. The van der Waals surface area contributed by atoms with Gasteiger partial charge in [0.05, 0.1) is 11.5 Å². The van der Waals surface area contributed by atoms with E-state index in [0.29, 0.717) is 17.7 Å². The average Bonchev–Trinajstić information content (AvgIpc) is 2.87. The van der Waals surface area contributed by atoms with Gasteiger partial charge in [0.25, 0.3) is 0 Å². The van der Waals surface area contributed by atoms with Gasteiger partial charge >= 0.3 is 5.97 Å². The van der Waals surface area contributed by atoms with E-state index in [1.54, 1.807) is 0 Å². The number of nitrogens with zero attached hydrogens (tertiary/aromatic N) is 2. The molecule has 184 valence electrons. The van der Waals surface area contributed by atoms with Crippen LogP contribution in [-0.4, -0.2) is 43.8 Å². The highest BCUT2D eigenvalue weighted by Crippen LogP contribution is 2.43. The zero-order chi connectivity index (χ0) is 24.8. The lowest BCUT2D eigenvalue weighted by atomic mass is 9.69. The lowest BCUT2D eigenvalue weighted by molar-refractivity contribution is -0.140. The summed E-state index contributed by atoms with van der Waals surface area (Å²) in [4.78, 5) is 33.4. The molecule has 1 heterocycles. The Hall–Kier alpha value is -3.41. The first-order chi connectivity index (χ1) is 17.0. The van der Waals surface area contributed by atoms with E-state index in [2.05, 4.69) is 30.9 Å². The molecular weight excluding hydrogens is 440 g/mol. The summed E-state index contributed by atoms with van der Waals surface area (Å²) in [6.45, 7) is 8.30. The molecule has 1 saturated carbocycles. The van der Waals surface area contributed by atoms with Crippen molar-refractivity contribution in [3.05, 3.63) is 71.4 Å². The van der Waals surface area contributed by atoms with E-state index in [1.807, 2.05) is 49.4 Å². The number of ether oxygens (including phenoxy) is 2. The zero-order valence-electron chi connectivity index (χ0n) is 20.8. The quantitative estimate of drug-likeness (QED) is 0.363. The molecule has 1 aliphatic carbocycles. The smallest absolute Gasteiger partial charge is 0.336 e. The van der Waals surface area contributed by atoms with Crippen molar-refractivity contribution in [1.82, 2.24) is 0 Å². The molecule has 0 bridgehead atoms. The number of aliphatic imine (C=N–C) groups is 1. The SMILES string of the molecule is CCN(CC)c1ccc([C@@H]2C(C(=O)OCCOc3ccccc3)=C(C)N=C3CCCC(=O)C32)cc1. The van der Waals surface area contributed by atoms with Crippen molar-refractivity contribution in [2.75, 3.05) is 31.2 Å². The molecule has 35 heavy (non-hydrogen) atoms. The minimum atomic E-state index is -0.432. The summed E-state index contributed by atoms with van der Waals surface area (Å²) in [6, 6.07) is 17.7. The van der Waals surface area contributed by atoms with E-state index in [0.717, 1.165) is 48.6 Å². The van der Waals surface area contributed by atoms with Crippen molar-refractivity contribution < 1.29 is 19.1 Å². The topological polar surface area (TPSA) is 68.2 Å². The number of carbonyl (C=O) groups excluding carboxylic acids is 2. The number of rotatable bonds is 9. The van der Waals surface area contributed by atoms with E-state index in [1.165, 1.54) is 0 Å². The van der Waals surface area contributed by atoms with Gasteiger partial charge in [0.15, 0.2) is 0 Å². The number of hydrogen-bond acceptors (Lipinski definition) is 6. The second-order valence-electron chi connectivity index (χ2n) is 8.94. The van der Waals surface area contributed by atoms with E-state index in [4.69, 9.17) is 14.5 Å². The Morgan fingerprint density at radius 2 is 1.69 bits per heavy atom. The monoisotopic (exact) mass is 474 g/mol. The Labute approximate surface area is 207 Å².